The standard InChI is InChI=1S/C22H37N5O/c1-3-23-22(24-13-6-7-14-26-15-8-9-16-26)25-19-12-17-27(18-19)20-10-4-5-11-21(20)28-2/h4-5,10-11,19H,3,6-9,12-18H2,1-2H3,(H2,23,24,25). The highest BCUT2D eigenvalue weighted by Crippen LogP contribution is 2.30. The van der Waals surface area contributed by atoms with Gasteiger partial charge in [0.1, 0.15) is 5.75 Å². The number of rotatable bonds is 9. The fourth-order valence-corrected chi connectivity index (χ4v) is 4.15. The van der Waals surface area contributed by atoms with E-state index in [0.717, 1.165) is 50.7 Å². The van der Waals surface area contributed by atoms with Crippen LogP contribution in [-0.2, 0) is 0 Å². The van der Waals surface area contributed by atoms with Crippen molar-refractivity contribution in [3.05, 3.63) is 24.3 Å². The minimum Gasteiger partial charge on any atom is -0.495 e. The predicted octanol–water partition coefficient (Wildman–Crippen LogP) is 2.71. The summed E-state index contributed by atoms with van der Waals surface area (Å²) >= 11 is 0. The van der Waals surface area contributed by atoms with Crippen LogP contribution in [0.5, 0.6) is 5.75 Å². The summed E-state index contributed by atoms with van der Waals surface area (Å²) in [6.07, 6.45) is 6.26. The molecule has 0 aliphatic carbocycles. The lowest BCUT2D eigenvalue weighted by atomic mass is 10.2. The van der Waals surface area contributed by atoms with E-state index in [0.29, 0.717) is 6.04 Å². The molecule has 0 spiro atoms. The van der Waals surface area contributed by atoms with Crippen molar-refractivity contribution in [1.82, 2.24) is 15.5 Å². The van der Waals surface area contributed by atoms with E-state index in [-0.39, 0.29) is 0 Å². The number of benzene rings is 1. The molecule has 156 valence electrons. The summed E-state index contributed by atoms with van der Waals surface area (Å²) in [6.45, 7) is 9.73. The second kappa shape index (κ2) is 11.1. The smallest absolute Gasteiger partial charge is 0.191 e. The molecule has 3 rings (SSSR count). The van der Waals surface area contributed by atoms with Crippen molar-refractivity contribution in [2.75, 3.05) is 57.8 Å². The number of anilines is 1. The largest absolute Gasteiger partial charge is 0.495 e. The zero-order chi connectivity index (χ0) is 19.6. The zero-order valence-electron chi connectivity index (χ0n) is 17.6. The molecule has 1 unspecified atom stereocenters. The summed E-state index contributed by atoms with van der Waals surface area (Å²) in [5.41, 5.74) is 1.18. The molecule has 0 aromatic heterocycles. The normalized spacial score (nSPS) is 20.6. The van der Waals surface area contributed by atoms with Crippen molar-refractivity contribution in [1.29, 1.82) is 0 Å². The predicted molar refractivity (Wildman–Crippen MR) is 118 cm³/mol. The number of methoxy groups -OCH3 is 1. The molecule has 6 nitrogen and oxygen atoms in total. The summed E-state index contributed by atoms with van der Waals surface area (Å²) in [7, 11) is 1.74. The lowest BCUT2D eigenvalue weighted by Crippen LogP contribution is -2.44. The van der Waals surface area contributed by atoms with Gasteiger partial charge in [-0.05, 0) is 70.8 Å². The summed E-state index contributed by atoms with van der Waals surface area (Å²) in [5, 5.41) is 7.04. The summed E-state index contributed by atoms with van der Waals surface area (Å²) < 4.78 is 5.52. The van der Waals surface area contributed by atoms with E-state index in [1.165, 1.54) is 44.6 Å². The van der Waals surface area contributed by atoms with Gasteiger partial charge in [0.15, 0.2) is 5.96 Å². The molecule has 2 N–H and O–H groups in total. The van der Waals surface area contributed by atoms with Gasteiger partial charge in [0.25, 0.3) is 0 Å². The molecule has 0 radical (unpaired) electrons. The minimum absolute atomic E-state index is 0.410. The van der Waals surface area contributed by atoms with Crippen LogP contribution in [0.4, 0.5) is 5.69 Å². The van der Waals surface area contributed by atoms with E-state index in [1.54, 1.807) is 7.11 Å². The molecule has 0 bridgehead atoms. The number of nitrogens with zero attached hydrogens (tertiary/aromatic N) is 3. The van der Waals surface area contributed by atoms with Gasteiger partial charge in [-0.2, -0.15) is 0 Å². The third-order valence-electron chi connectivity index (χ3n) is 5.65. The van der Waals surface area contributed by atoms with E-state index in [2.05, 4.69) is 39.5 Å². The Labute approximate surface area is 170 Å². The number of ether oxygens (including phenoxy) is 1. The number of guanidine groups is 1. The molecule has 0 saturated carbocycles. The number of para-hydroxylation sites is 2. The average molecular weight is 388 g/mol. The number of hydrogen-bond donors (Lipinski definition) is 2. The van der Waals surface area contributed by atoms with Crippen LogP contribution in [0.15, 0.2) is 29.3 Å². The van der Waals surface area contributed by atoms with Crippen molar-refractivity contribution in [2.45, 2.75) is 45.1 Å². The van der Waals surface area contributed by atoms with E-state index in [9.17, 15) is 0 Å². The first-order valence-corrected chi connectivity index (χ1v) is 11.0. The first-order chi connectivity index (χ1) is 13.8. The molecular formula is C22H37N5O. The Morgan fingerprint density at radius 3 is 2.79 bits per heavy atom. The number of unbranched alkanes of at least 4 members (excludes halogenated alkanes) is 1. The molecule has 1 aromatic rings. The molecule has 2 heterocycles. The average Bonchev–Trinajstić information content (AvgIpc) is 3.40. The van der Waals surface area contributed by atoms with E-state index >= 15 is 0 Å². The Balaban J connectivity index is 1.44. The SMILES string of the molecule is CCNC(=NCCCCN1CCCC1)NC1CCN(c2ccccc2OC)C1. The molecule has 28 heavy (non-hydrogen) atoms. The Bertz CT molecular complexity index is 615. The zero-order valence-corrected chi connectivity index (χ0v) is 17.6. The number of nitrogens with one attached hydrogen (secondary N) is 2. The summed E-state index contributed by atoms with van der Waals surface area (Å²) in [5.74, 6) is 1.90. The molecule has 2 saturated heterocycles. The first kappa shape index (κ1) is 20.8. The van der Waals surface area contributed by atoms with E-state index < -0.39 is 0 Å². The Morgan fingerprint density at radius 1 is 1.18 bits per heavy atom. The van der Waals surface area contributed by atoms with Crippen LogP contribution in [-0.4, -0.2) is 69.8 Å². The maximum Gasteiger partial charge on any atom is 0.191 e. The van der Waals surface area contributed by atoms with Crippen molar-refractivity contribution in [2.24, 2.45) is 4.99 Å². The van der Waals surface area contributed by atoms with E-state index in [4.69, 9.17) is 9.73 Å². The van der Waals surface area contributed by atoms with Crippen LogP contribution >= 0.6 is 0 Å². The van der Waals surface area contributed by atoms with Gasteiger partial charge in [-0.25, -0.2) is 0 Å². The van der Waals surface area contributed by atoms with Gasteiger partial charge in [-0.15, -0.1) is 0 Å². The van der Waals surface area contributed by atoms with Crippen LogP contribution in [0, 0.1) is 0 Å². The third-order valence-corrected chi connectivity index (χ3v) is 5.65. The lowest BCUT2D eigenvalue weighted by Gasteiger charge is -2.22. The number of hydrogen-bond acceptors (Lipinski definition) is 4. The highest BCUT2D eigenvalue weighted by molar-refractivity contribution is 5.80. The molecule has 2 fully saturated rings. The maximum absolute atomic E-state index is 5.52. The Hall–Kier alpha value is -1.95. The Kier molecular flexibility index (Phi) is 8.27. The second-order valence-corrected chi connectivity index (χ2v) is 7.76. The van der Waals surface area contributed by atoms with Crippen LogP contribution in [0.2, 0.25) is 0 Å². The molecular weight excluding hydrogens is 350 g/mol. The van der Waals surface area contributed by atoms with Crippen LogP contribution < -0.4 is 20.3 Å². The molecule has 2 aliphatic heterocycles. The van der Waals surface area contributed by atoms with Gasteiger partial charge in [0, 0.05) is 32.2 Å². The van der Waals surface area contributed by atoms with Crippen molar-refractivity contribution >= 4 is 11.6 Å². The first-order valence-electron chi connectivity index (χ1n) is 11.0. The third kappa shape index (κ3) is 6.03. The van der Waals surface area contributed by atoms with Gasteiger partial charge < -0.3 is 25.2 Å². The second-order valence-electron chi connectivity index (χ2n) is 7.76. The van der Waals surface area contributed by atoms with Gasteiger partial charge in [0.05, 0.1) is 12.8 Å². The quantitative estimate of drug-likeness (QED) is 0.388. The number of likely N-dealkylation sites (tertiary alicyclic amines) is 1. The van der Waals surface area contributed by atoms with Crippen molar-refractivity contribution in [3.63, 3.8) is 0 Å². The molecule has 2 aliphatic rings. The van der Waals surface area contributed by atoms with Gasteiger partial charge >= 0.3 is 0 Å². The fraction of sp³-hybridized carbons (Fsp3) is 0.682. The van der Waals surface area contributed by atoms with E-state index in [1.807, 2.05) is 12.1 Å². The van der Waals surface area contributed by atoms with Gasteiger partial charge in [-0.1, -0.05) is 12.1 Å². The topological polar surface area (TPSA) is 52.1 Å². The molecule has 0 amide bonds. The monoisotopic (exact) mass is 387 g/mol. The molecule has 1 aromatic carbocycles. The lowest BCUT2D eigenvalue weighted by molar-refractivity contribution is 0.331. The van der Waals surface area contributed by atoms with Gasteiger partial charge in [0.2, 0.25) is 0 Å². The molecule has 6 heteroatoms. The van der Waals surface area contributed by atoms with Crippen molar-refractivity contribution in [3.8, 4) is 5.75 Å². The highest BCUT2D eigenvalue weighted by atomic mass is 16.5. The van der Waals surface area contributed by atoms with Gasteiger partial charge in [-0.3, -0.25) is 4.99 Å². The van der Waals surface area contributed by atoms with Crippen molar-refractivity contribution < 1.29 is 4.74 Å². The number of aliphatic imine (C=N–C) groups is 1. The summed E-state index contributed by atoms with van der Waals surface area (Å²) in [6, 6.07) is 8.68. The Morgan fingerprint density at radius 2 is 2.00 bits per heavy atom. The maximum atomic E-state index is 5.52. The van der Waals surface area contributed by atoms with Crippen LogP contribution in [0.25, 0.3) is 0 Å². The van der Waals surface area contributed by atoms with Crippen LogP contribution in [0.1, 0.15) is 39.0 Å². The highest BCUT2D eigenvalue weighted by Gasteiger charge is 2.25. The fourth-order valence-electron chi connectivity index (χ4n) is 4.15. The summed E-state index contributed by atoms with van der Waals surface area (Å²) in [4.78, 5) is 9.79. The minimum atomic E-state index is 0.410. The molecule has 1 atom stereocenters. The van der Waals surface area contributed by atoms with Crippen LogP contribution in [0.3, 0.4) is 0 Å².